The van der Waals surface area contributed by atoms with Crippen molar-refractivity contribution in [3.8, 4) is 0 Å². The highest BCUT2D eigenvalue weighted by atomic mass is 16.5. The van der Waals surface area contributed by atoms with E-state index in [1.165, 1.54) is 11.1 Å². The van der Waals surface area contributed by atoms with E-state index in [9.17, 15) is 4.79 Å². The van der Waals surface area contributed by atoms with Gasteiger partial charge in [-0.3, -0.25) is 14.4 Å². The van der Waals surface area contributed by atoms with Crippen molar-refractivity contribution in [2.45, 2.75) is 107 Å². The van der Waals surface area contributed by atoms with Crippen molar-refractivity contribution >= 4 is 17.3 Å². The quantitative estimate of drug-likeness (QED) is 0.135. The van der Waals surface area contributed by atoms with Crippen molar-refractivity contribution in [1.29, 1.82) is 0 Å². The maximum absolute atomic E-state index is 15.3. The standard InChI is InChI=1S/C38H50O4/c1-24(2)16-18-28-22-37-23-29(19-17-25(3)4)36(9,10)42-33(37)30(31(39)27-14-12-11-13-15-27)32(40)38(34(37)41,35(28,7)8)21-20-26(5)6/h11-17,20,28-29H,18-19,21-23H2,1-10H3/t28-,29+,37-,38-/m0/s1. The van der Waals surface area contributed by atoms with Crippen molar-refractivity contribution in [1.82, 2.24) is 0 Å². The lowest BCUT2D eigenvalue weighted by atomic mass is 9.39. The zero-order chi connectivity index (χ0) is 31.3. The Labute approximate surface area is 253 Å². The van der Waals surface area contributed by atoms with Gasteiger partial charge >= 0.3 is 0 Å². The van der Waals surface area contributed by atoms with Crippen molar-refractivity contribution in [3.63, 3.8) is 0 Å². The molecule has 0 radical (unpaired) electrons. The maximum atomic E-state index is 15.3. The smallest absolute Gasteiger partial charge is 0.200 e. The molecule has 4 heteroatoms. The summed E-state index contributed by atoms with van der Waals surface area (Å²) in [6, 6.07) is 8.98. The second-order valence-electron chi connectivity index (χ2n) is 14.8. The fourth-order valence-electron chi connectivity index (χ4n) is 7.64. The van der Waals surface area contributed by atoms with Crippen molar-refractivity contribution in [2.24, 2.45) is 28.1 Å². The van der Waals surface area contributed by atoms with Gasteiger partial charge in [-0.15, -0.1) is 0 Å². The molecule has 0 N–H and O–H groups in total. The third-order valence-electron chi connectivity index (χ3n) is 10.5. The number of hydrogen-bond donors (Lipinski definition) is 0. The first-order chi connectivity index (χ1) is 19.5. The van der Waals surface area contributed by atoms with Crippen LogP contribution in [0.3, 0.4) is 0 Å². The number of allylic oxidation sites excluding steroid dienone is 8. The lowest BCUT2D eigenvalue weighted by molar-refractivity contribution is -0.188. The summed E-state index contributed by atoms with van der Waals surface area (Å²) in [6.07, 6.45) is 9.44. The van der Waals surface area contributed by atoms with Crippen LogP contribution in [0.15, 0.2) is 76.6 Å². The molecular formula is C38H50O4. The molecule has 2 fully saturated rings. The molecule has 1 aliphatic heterocycles. The molecule has 226 valence electrons. The summed E-state index contributed by atoms with van der Waals surface area (Å²) >= 11 is 0. The van der Waals surface area contributed by atoms with Gasteiger partial charge in [0.25, 0.3) is 0 Å². The van der Waals surface area contributed by atoms with Gasteiger partial charge in [-0.1, -0.05) is 79.1 Å². The molecular weight excluding hydrogens is 520 g/mol. The minimum Gasteiger partial charge on any atom is -0.490 e. The van der Waals surface area contributed by atoms with Gasteiger partial charge in [-0.05, 0) is 98.8 Å². The van der Waals surface area contributed by atoms with Crippen LogP contribution >= 0.6 is 0 Å². The molecule has 42 heavy (non-hydrogen) atoms. The monoisotopic (exact) mass is 570 g/mol. The predicted octanol–water partition coefficient (Wildman–Crippen LogP) is 9.18. The van der Waals surface area contributed by atoms with Gasteiger partial charge in [0.2, 0.25) is 0 Å². The Hall–Kier alpha value is -3.01. The number of hydrogen-bond acceptors (Lipinski definition) is 4. The molecule has 0 amide bonds. The van der Waals surface area contributed by atoms with Gasteiger partial charge in [-0.2, -0.15) is 0 Å². The average molecular weight is 571 g/mol. The highest BCUT2D eigenvalue weighted by Gasteiger charge is 2.74. The van der Waals surface area contributed by atoms with E-state index >= 15 is 9.59 Å². The SMILES string of the molecule is CC(C)=CC[C@@H]1C[C@@]23C[C@H](CC=C(C)C)C(C)(C)[C@@](CC=C(C)C)(C(=O)C(C(=O)c4ccccc4)=C2OC1(C)C)C3=O. The number of rotatable bonds is 8. The molecule has 2 bridgehead atoms. The highest BCUT2D eigenvalue weighted by molar-refractivity contribution is 6.35. The number of benzene rings is 1. The first-order valence-electron chi connectivity index (χ1n) is 15.5. The van der Waals surface area contributed by atoms with Gasteiger partial charge < -0.3 is 4.74 Å². The van der Waals surface area contributed by atoms with E-state index in [0.717, 1.165) is 18.4 Å². The van der Waals surface area contributed by atoms with E-state index < -0.39 is 21.8 Å². The number of carbonyl (C=O) groups is 3. The Morgan fingerprint density at radius 3 is 1.88 bits per heavy atom. The van der Waals surface area contributed by atoms with E-state index in [-0.39, 0.29) is 41.2 Å². The normalized spacial score (nSPS) is 29.2. The zero-order valence-electron chi connectivity index (χ0n) is 27.4. The first-order valence-corrected chi connectivity index (χ1v) is 15.5. The molecule has 0 aromatic heterocycles. The van der Waals surface area contributed by atoms with Crippen LogP contribution in [0.4, 0.5) is 0 Å². The molecule has 1 heterocycles. The van der Waals surface area contributed by atoms with E-state index in [2.05, 4.69) is 53.7 Å². The van der Waals surface area contributed by atoms with E-state index in [0.29, 0.717) is 24.2 Å². The fraction of sp³-hybridized carbons (Fsp3) is 0.553. The van der Waals surface area contributed by atoms with E-state index in [4.69, 9.17) is 4.74 Å². The minimum absolute atomic E-state index is 0.0479. The van der Waals surface area contributed by atoms with E-state index in [1.807, 2.05) is 52.0 Å². The second-order valence-corrected chi connectivity index (χ2v) is 14.8. The summed E-state index contributed by atoms with van der Waals surface area (Å²) in [5.41, 5.74) is 0.289. The zero-order valence-corrected chi connectivity index (χ0v) is 27.4. The van der Waals surface area contributed by atoms with Crippen LogP contribution < -0.4 is 0 Å². The van der Waals surface area contributed by atoms with Crippen LogP contribution in [0.2, 0.25) is 0 Å². The Morgan fingerprint density at radius 2 is 1.33 bits per heavy atom. The van der Waals surface area contributed by atoms with Gasteiger partial charge in [0.1, 0.15) is 22.3 Å². The van der Waals surface area contributed by atoms with Crippen molar-refractivity contribution < 1.29 is 19.1 Å². The van der Waals surface area contributed by atoms with Crippen molar-refractivity contribution in [3.05, 3.63) is 82.2 Å². The Kier molecular flexibility index (Phi) is 8.54. The third-order valence-corrected chi connectivity index (χ3v) is 10.5. The number of fused-ring (bicyclic) bond motifs is 1. The predicted molar refractivity (Wildman–Crippen MR) is 170 cm³/mol. The second kappa shape index (κ2) is 11.2. The fourth-order valence-corrected chi connectivity index (χ4v) is 7.64. The topological polar surface area (TPSA) is 60.4 Å². The molecule has 3 aliphatic rings. The number of carbonyl (C=O) groups excluding carboxylic acids is 3. The third kappa shape index (κ3) is 5.09. The molecule has 4 rings (SSSR count). The Bertz CT molecular complexity index is 1380. The largest absolute Gasteiger partial charge is 0.490 e. The summed E-state index contributed by atoms with van der Waals surface area (Å²) in [6.45, 7) is 20.6. The van der Waals surface area contributed by atoms with Gasteiger partial charge in [-0.25, -0.2) is 0 Å². The molecule has 1 saturated carbocycles. The summed E-state index contributed by atoms with van der Waals surface area (Å²) in [4.78, 5) is 44.8. The molecule has 2 aliphatic carbocycles. The van der Waals surface area contributed by atoms with Gasteiger partial charge in [0.15, 0.2) is 17.3 Å². The maximum Gasteiger partial charge on any atom is 0.200 e. The Morgan fingerprint density at radius 1 is 0.810 bits per heavy atom. The average Bonchev–Trinajstić information content (AvgIpc) is 2.90. The first kappa shape index (κ1) is 31.9. The van der Waals surface area contributed by atoms with Crippen LogP contribution in [-0.4, -0.2) is 23.0 Å². The molecule has 0 unspecified atom stereocenters. The molecule has 1 aromatic rings. The van der Waals surface area contributed by atoms with Gasteiger partial charge in [0, 0.05) is 11.5 Å². The Balaban J connectivity index is 2.08. The van der Waals surface area contributed by atoms with Crippen LogP contribution in [0, 0.1) is 28.1 Å². The summed E-state index contributed by atoms with van der Waals surface area (Å²) in [7, 11) is 0. The highest BCUT2D eigenvalue weighted by Crippen LogP contribution is 2.69. The van der Waals surface area contributed by atoms with E-state index in [1.54, 1.807) is 12.1 Å². The molecule has 1 spiro atoms. The number of ether oxygens (including phenoxy) is 1. The lowest BCUT2D eigenvalue weighted by Crippen LogP contribution is -2.69. The van der Waals surface area contributed by atoms with Crippen LogP contribution in [0.5, 0.6) is 0 Å². The molecule has 1 aromatic carbocycles. The number of Topliss-reactive ketones (excluding diaryl/α,β-unsaturated/α-hetero) is 3. The molecule has 4 atom stereocenters. The summed E-state index contributed by atoms with van der Waals surface area (Å²) in [5.74, 6) is -0.325. The molecule has 1 saturated heterocycles. The van der Waals surface area contributed by atoms with Gasteiger partial charge in [0.05, 0.1) is 5.41 Å². The van der Waals surface area contributed by atoms with Crippen LogP contribution in [0.25, 0.3) is 0 Å². The van der Waals surface area contributed by atoms with Crippen molar-refractivity contribution in [2.75, 3.05) is 0 Å². The minimum atomic E-state index is -1.36. The van der Waals surface area contributed by atoms with Crippen LogP contribution in [0.1, 0.15) is 112 Å². The lowest BCUT2D eigenvalue weighted by Gasteiger charge is -2.64. The molecule has 4 nitrogen and oxygen atoms in total. The number of ketones is 3. The van der Waals surface area contributed by atoms with Crippen LogP contribution in [-0.2, 0) is 14.3 Å². The summed E-state index contributed by atoms with van der Waals surface area (Å²) in [5, 5.41) is 0. The summed E-state index contributed by atoms with van der Waals surface area (Å²) < 4.78 is 6.86.